The number of anilines is 1. The van der Waals surface area contributed by atoms with Gasteiger partial charge >= 0.3 is 0 Å². The molecule has 0 aliphatic heterocycles. The highest BCUT2D eigenvalue weighted by Gasteiger charge is 2.34. The molecule has 0 saturated heterocycles. The largest absolute Gasteiger partial charge is 0.396 e. The Hall–Kier alpha value is -1.60. The monoisotopic (exact) mass is 245 g/mol. The van der Waals surface area contributed by atoms with Crippen LogP contribution in [0.5, 0.6) is 0 Å². The SMILES string of the molecule is CN(CC1(CO)CCCC1)c1cc(C#N)ccn1. The molecule has 0 aromatic carbocycles. The maximum atomic E-state index is 9.61. The molecule has 1 aromatic rings. The molecular formula is C14H19N3O. The summed E-state index contributed by atoms with van der Waals surface area (Å²) < 4.78 is 0. The molecule has 18 heavy (non-hydrogen) atoms. The van der Waals surface area contributed by atoms with Crippen LogP contribution in [0.1, 0.15) is 31.2 Å². The molecule has 0 unspecified atom stereocenters. The number of pyridine rings is 1. The zero-order valence-corrected chi connectivity index (χ0v) is 10.8. The molecule has 4 nitrogen and oxygen atoms in total. The molecular weight excluding hydrogens is 226 g/mol. The van der Waals surface area contributed by atoms with Gasteiger partial charge in [0, 0.05) is 25.2 Å². The van der Waals surface area contributed by atoms with Crippen LogP contribution < -0.4 is 4.90 Å². The molecule has 1 aliphatic carbocycles. The van der Waals surface area contributed by atoms with Crippen molar-refractivity contribution in [1.82, 2.24) is 4.98 Å². The summed E-state index contributed by atoms with van der Waals surface area (Å²) in [6.07, 6.45) is 6.20. The summed E-state index contributed by atoms with van der Waals surface area (Å²) in [6.45, 7) is 1.03. The third-order valence-corrected chi connectivity index (χ3v) is 3.84. The van der Waals surface area contributed by atoms with Gasteiger partial charge in [0.25, 0.3) is 0 Å². The molecule has 4 heteroatoms. The molecule has 1 aliphatic rings. The standard InChI is InChI=1S/C14H19N3O/c1-17(10-14(11-18)5-2-3-6-14)13-8-12(9-15)4-7-16-13/h4,7-8,18H,2-3,5-6,10-11H2,1H3. The normalized spacial score (nSPS) is 17.4. The zero-order chi connectivity index (χ0) is 13.0. The lowest BCUT2D eigenvalue weighted by atomic mass is 9.87. The van der Waals surface area contributed by atoms with E-state index in [1.165, 1.54) is 12.8 Å². The number of nitriles is 1. The van der Waals surface area contributed by atoms with Crippen molar-refractivity contribution >= 4 is 5.82 Å². The Kier molecular flexibility index (Phi) is 3.83. The van der Waals surface area contributed by atoms with Crippen molar-refractivity contribution in [3.8, 4) is 6.07 Å². The van der Waals surface area contributed by atoms with E-state index in [2.05, 4.69) is 11.1 Å². The lowest BCUT2D eigenvalue weighted by Crippen LogP contribution is -2.36. The Morgan fingerprint density at radius 3 is 2.83 bits per heavy atom. The van der Waals surface area contributed by atoms with Crippen LogP contribution in [-0.2, 0) is 0 Å². The maximum Gasteiger partial charge on any atom is 0.129 e. The quantitative estimate of drug-likeness (QED) is 0.880. The van der Waals surface area contributed by atoms with E-state index in [-0.39, 0.29) is 12.0 Å². The van der Waals surface area contributed by atoms with Gasteiger partial charge in [-0.25, -0.2) is 4.98 Å². The van der Waals surface area contributed by atoms with Crippen molar-refractivity contribution in [2.45, 2.75) is 25.7 Å². The smallest absolute Gasteiger partial charge is 0.129 e. The van der Waals surface area contributed by atoms with Crippen molar-refractivity contribution in [3.05, 3.63) is 23.9 Å². The van der Waals surface area contributed by atoms with Crippen LogP contribution in [0.15, 0.2) is 18.3 Å². The molecule has 96 valence electrons. The minimum atomic E-state index is 0.0130. The Balaban J connectivity index is 2.11. The summed E-state index contributed by atoms with van der Waals surface area (Å²) in [4.78, 5) is 6.33. The minimum absolute atomic E-state index is 0.0130. The fraction of sp³-hybridized carbons (Fsp3) is 0.571. The van der Waals surface area contributed by atoms with Crippen LogP contribution >= 0.6 is 0 Å². The molecule has 1 fully saturated rings. The molecule has 0 radical (unpaired) electrons. The second kappa shape index (κ2) is 5.36. The lowest BCUT2D eigenvalue weighted by molar-refractivity contribution is 0.137. The predicted molar refractivity (Wildman–Crippen MR) is 70.2 cm³/mol. The molecule has 0 atom stereocenters. The van der Waals surface area contributed by atoms with Crippen LogP contribution in [0.3, 0.4) is 0 Å². The van der Waals surface area contributed by atoms with Gasteiger partial charge in [-0.05, 0) is 25.0 Å². The van der Waals surface area contributed by atoms with E-state index in [0.29, 0.717) is 5.56 Å². The number of hydrogen-bond acceptors (Lipinski definition) is 4. The van der Waals surface area contributed by atoms with E-state index < -0.39 is 0 Å². The highest BCUT2D eigenvalue weighted by Crippen LogP contribution is 2.38. The van der Waals surface area contributed by atoms with Gasteiger partial charge < -0.3 is 10.0 Å². The van der Waals surface area contributed by atoms with Gasteiger partial charge in [-0.2, -0.15) is 5.26 Å². The van der Waals surface area contributed by atoms with E-state index in [4.69, 9.17) is 5.26 Å². The van der Waals surface area contributed by atoms with Gasteiger partial charge in [0.1, 0.15) is 5.82 Å². The zero-order valence-electron chi connectivity index (χ0n) is 10.8. The first-order valence-corrected chi connectivity index (χ1v) is 6.37. The highest BCUT2D eigenvalue weighted by molar-refractivity contribution is 5.44. The summed E-state index contributed by atoms with van der Waals surface area (Å²) in [5.74, 6) is 0.800. The van der Waals surface area contributed by atoms with Crippen molar-refractivity contribution in [3.63, 3.8) is 0 Å². The summed E-state index contributed by atoms with van der Waals surface area (Å²) in [7, 11) is 1.97. The molecule has 0 spiro atoms. The summed E-state index contributed by atoms with van der Waals surface area (Å²) in [5.41, 5.74) is 0.635. The number of aliphatic hydroxyl groups is 1. The van der Waals surface area contributed by atoms with Gasteiger partial charge in [0.2, 0.25) is 0 Å². The van der Waals surface area contributed by atoms with Gasteiger partial charge in [-0.1, -0.05) is 12.8 Å². The minimum Gasteiger partial charge on any atom is -0.396 e. The van der Waals surface area contributed by atoms with Gasteiger partial charge in [-0.3, -0.25) is 0 Å². The second-order valence-electron chi connectivity index (χ2n) is 5.24. The van der Waals surface area contributed by atoms with E-state index in [1.54, 1.807) is 18.3 Å². The van der Waals surface area contributed by atoms with Gasteiger partial charge in [0.15, 0.2) is 0 Å². The molecule has 1 heterocycles. The molecule has 0 bridgehead atoms. The average molecular weight is 245 g/mol. The van der Waals surface area contributed by atoms with Crippen molar-refractivity contribution < 1.29 is 5.11 Å². The first-order chi connectivity index (χ1) is 8.69. The van der Waals surface area contributed by atoms with Crippen molar-refractivity contribution in [1.29, 1.82) is 5.26 Å². The predicted octanol–water partition coefficient (Wildman–Crippen LogP) is 1.94. The molecule has 1 aromatic heterocycles. The molecule has 1 N–H and O–H groups in total. The van der Waals surface area contributed by atoms with E-state index in [9.17, 15) is 5.11 Å². The van der Waals surface area contributed by atoms with Gasteiger partial charge in [-0.15, -0.1) is 0 Å². The van der Waals surface area contributed by atoms with Crippen LogP contribution in [0, 0.1) is 16.7 Å². The number of aromatic nitrogens is 1. The Morgan fingerprint density at radius 1 is 1.50 bits per heavy atom. The topological polar surface area (TPSA) is 60.1 Å². The van der Waals surface area contributed by atoms with Gasteiger partial charge in [0.05, 0.1) is 18.2 Å². The van der Waals surface area contributed by atoms with Crippen LogP contribution in [0.4, 0.5) is 5.82 Å². The summed E-state index contributed by atoms with van der Waals surface area (Å²) in [6, 6.07) is 5.62. The van der Waals surface area contributed by atoms with Crippen molar-refractivity contribution in [2.75, 3.05) is 25.1 Å². The average Bonchev–Trinajstić information content (AvgIpc) is 2.88. The van der Waals surface area contributed by atoms with Crippen molar-refractivity contribution in [2.24, 2.45) is 5.41 Å². The number of rotatable bonds is 4. The third kappa shape index (κ3) is 2.62. The Morgan fingerprint density at radius 2 is 2.22 bits per heavy atom. The van der Waals surface area contributed by atoms with E-state index in [0.717, 1.165) is 25.2 Å². The number of nitrogens with zero attached hydrogens (tertiary/aromatic N) is 3. The lowest BCUT2D eigenvalue weighted by Gasteiger charge is -2.32. The maximum absolute atomic E-state index is 9.61. The third-order valence-electron chi connectivity index (χ3n) is 3.84. The molecule has 2 rings (SSSR count). The number of hydrogen-bond donors (Lipinski definition) is 1. The second-order valence-corrected chi connectivity index (χ2v) is 5.24. The highest BCUT2D eigenvalue weighted by atomic mass is 16.3. The number of aliphatic hydroxyl groups excluding tert-OH is 1. The van der Waals surface area contributed by atoms with E-state index >= 15 is 0 Å². The summed E-state index contributed by atoms with van der Waals surface area (Å²) >= 11 is 0. The molecule has 1 saturated carbocycles. The molecule has 0 amide bonds. The van der Waals surface area contributed by atoms with Crippen LogP contribution in [0.2, 0.25) is 0 Å². The van der Waals surface area contributed by atoms with E-state index in [1.807, 2.05) is 11.9 Å². The first kappa shape index (κ1) is 12.8. The van der Waals surface area contributed by atoms with Crippen LogP contribution in [-0.4, -0.2) is 30.3 Å². The fourth-order valence-corrected chi connectivity index (χ4v) is 2.77. The summed E-state index contributed by atoms with van der Waals surface area (Å²) in [5, 5.41) is 18.5. The Labute approximate surface area is 108 Å². The Bertz CT molecular complexity index is 447. The first-order valence-electron chi connectivity index (χ1n) is 6.37. The fourth-order valence-electron chi connectivity index (χ4n) is 2.77. The van der Waals surface area contributed by atoms with Crippen LogP contribution in [0.25, 0.3) is 0 Å².